The molecule has 0 spiro atoms. The number of carbonyl (C=O) groups excluding carboxylic acids is 1. The van der Waals surface area contributed by atoms with Gasteiger partial charge in [-0.25, -0.2) is 0 Å². The zero-order valence-corrected chi connectivity index (χ0v) is 12.7. The molecule has 0 saturated heterocycles. The van der Waals surface area contributed by atoms with Crippen LogP contribution >= 0.6 is 0 Å². The van der Waals surface area contributed by atoms with Crippen molar-refractivity contribution in [3.05, 3.63) is 58.1 Å². The van der Waals surface area contributed by atoms with Crippen LogP contribution in [0.5, 0.6) is 11.5 Å². The van der Waals surface area contributed by atoms with E-state index < -0.39 is 0 Å². The molecule has 1 aromatic carbocycles. The first kappa shape index (κ1) is 15.1. The monoisotopic (exact) mass is 315 g/mol. The van der Waals surface area contributed by atoms with Gasteiger partial charge >= 0.3 is 0 Å². The fourth-order valence-electron chi connectivity index (χ4n) is 2.03. The lowest BCUT2D eigenvalue weighted by atomic mass is 10.2. The summed E-state index contributed by atoms with van der Waals surface area (Å²) < 4.78 is 15.8. The highest BCUT2D eigenvalue weighted by Gasteiger charge is 2.25. The smallest absolute Gasteiger partial charge is 0.287 e. The fraction of sp³-hybridized carbons (Fsp3) is 0.294. The van der Waals surface area contributed by atoms with Gasteiger partial charge in [0.2, 0.25) is 11.2 Å². The van der Waals surface area contributed by atoms with E-state index in [9.17, 15) is 9.59 Å². The third-order valence-electron chi connectivity index (χ3n) is 3.46. The second-order valence-corrected chi connectivity index (χ2v) is 5.36. The lowest BCUT2D eigenvalue weighted by Gasteiger charge is -2.07. The van der Waals surface area contributed by atoms with Crippen molar-refractivity contribution in [3.8, 4) is 11.5 Å². The first-order chi connectivity index (χ1) is 11.2. The number of hydrogen-bond donors (Lipinski definition) is 1. The van der Waals surface area contributed by atoms with Crippen molar-refractivity contribution in [2.45, 2.75) is 25.5 Å². The fourth-order valence-corrected chi connectivity index (χ4v) is 2.03. The summed E-state index contributed by atoms with van der Waals surface area (Å²) >= 11 is 0. The Morgan fingerprint density at radius 1 is 1.35 bits per heavy atom. The van der Waals surface area contributed by atoms with Crippen LogP contribution in [0.25, 0.3) is 0 Å². The number of rotatable bonds is 6. The molecule has 3 rings (SSSR count). The Balaban J connectivity index is 1.65. The number of nitrogens with one attached hydrogen (secondary N) is 1. The van der Waals surface area contributed by atoms with Gasteiger partial charge in [-0.05, 0) is 30.5 Å². The molecule has 1 aliphatic carbocycles. The summed E-state index contributed by atoms with van der Waals surface area (Å²) in [6, 6.07) is 8.70. The number of benzene rings is 1. The molecule has 1 heterocycles. The van der Waals surface area contributed by atoms with E-state index >= 15 is 0 Å². The van der Waals surface area contributed by atoms with Gasteiger partial charge in [0.1, 0.15) is 18.6 Å². The quantitative estimate of drug-likeness (QED) is 0.883. The summed E-state index contributed by atoms with van der Waals surface area (Å²) in [4.78, 5) is 23.8. The average Bonchev–Trinajstić information content (AvgIpc) is 3.37. The number of hydrogen-bond acceptors (Lipinski definition) is 5. The highest BCUT2D eigenvalue weighted by atomic mass is 16.5. The normalized spacial score (nSPS) is 13.4. The van der Waals surface area contributed by atoms with Gasteiger partial charge in [0.25, 0.3) is 5.91 Å². The van der Waals surface area contributed by atoms with Crippen molar-refractivity contribution < 1.29 is 18.7 Å². The molecule has 1 aromatic heterocycles. The molecule has 0 radical (unpaired) electrons. The van der Waals surface area contributed by atoms with Gasteiger partial charge in [0.05, 0.1) is 7.11 Å². The maximum absolute atomic E-state index is 12.0. The van der Waals surface area contributed by atoms with Crippen molar-refractivity contribution in [2.75, 3.05) is 7.11 Å². The number of ether oxygens (including phenoxy) is 2. The summed E-state index contributed by atoms with van der Waals surface area (Å²) in [5.41, 5.74) is 0.472. The van der Waals surface area contributed by atoms with Gasteiger partial charge in [-0.3, -0.25) is 9.59 Å². The summed E-state index contributed by atoms with van der Waals surface area (Å²) in [5, 5.41) is 2.76. The van der Waals surface area contributed by atoms with Gasteiger partial charge in [0, 0.05) is 12.1 Å². The first-order valence-electron chi connectivity index (χ1n) is 7.35. The molecule has 0 aliphatic heterocycles. The number of methoxy groups -OCH3 is 1. The van der Waals surface area contributed by atoms with Crippen LogP contribution in [0.15, 0.2) is 45.8 Å². The van der Waals surface area contributed by atoms with Crippen molar-refractivity contribution in [1.29, 1.82) is 0 Å². The van der Waals surface area contributed by atoms with Crippen LogP contribution in [0.3, 0.4) is 0 Å². The Labute approximate surface area is 133 Å². The largest absolute Gasteiger partial charge is 0.497 e. The molecule has 120 valence electrons. The minimum Gasteiger partial charge on any atom is -0.497 e. The minimum atomic E-state index is -0.389. The van der Waals surface area contributed by atoms with Crippen LogP contribution in [-0.2, 0) is 6.61 Å². The molecule has 6 heteroatoms. The standard InChI is InChI=1S/C17H17NO5/c1-21-13-4-2-3-11(7-13)9-22-16-10-23-15(8-14(16)19)17(20)18-12-5-6-12/h2-4,7-8,10,12H,5-6,9H2,1H3,(H,18,20). The van der Waals surface area contributed by atoms with Crippen LogP contribution in [0, 0.1) is 0 Å². The van der Waals surface area contributed by atoms with E-state index in [0.717, 1.165) is 24.5 Å². The summed E-state index contributed by atoms with van der Waals surface area (Å²) in [6.07, 6.45) is 3.11. The van der Waals surface area contributed by atoms with E-state index in [0.29, 0.717) is 5.75 Å². The summed E-state index contributed by atoms with van der Waals surface area (Å²) in [7, 11) is 1.58. The molecule has 23 heavy (non-hydrogen) atoms. The van der Waals surface area contributed by atoms with E-state index in [2.05, 4.69) is 5.32 Å². The van der Waals surface area contributed by atoms with Crippen LogP contribution in [0.1, 0.15) is 29.0 Å². The molecular formula is C17H17NO5. The molecule has 1 N–H and O–H groups in total. The highest BCUT2D eigenvalue weighted by Crippen LogP contribution is 2.19. The third-order valence-corrected chi connectivity index (χ3v) is 3.46. The van der Waals surface area contributed by atoms with E-state index in [4.69, 9.17) is 13.9 Å². The molecule has 2 aromatic rings. The average molecular weight is 315 g/mol. The summed E-state index contributed by atoms with van der Waals surface area (Å²) in [6.45, 7) is 0.204. The Morgan fingerprint density at radius 3 is 2.87 bits per heavy atom. The van der Waals surface area contributed by atoms with Crippen LogP contribution in [0.4, 0.5) is 0 Å². The van der Waals surface area contributed by atoms with Crippen LogP contribution < -0.4 is 20.2 Å². The third kappa shape index (κ3) is 3.91. The first-order valence-corrected chi connectivity index (χ1v) is 7.35. The lowest BCUT2D eigenvalue weighted by Crippen LogP contribution is -2.26. The Kier molecular flexibility index (Phi) is 4.32. The highest BCUT2D eigenvalue weighted by molar-refractivity contribution is 5.91. The van der Waals surface area contributed by atoms with Gasteiger partial charge in [-0.2, -0.15) is 0 Å². The molecule has 1 fully saturated rings. The molecule has 1 amide bonds. The van der Waals surface area contributed by atoms with Gasteiger partial charge in [0.15, 0.2) is 5.76 Å². The van der Waals surface area contributed by atoms with Crippen molar-refractivity contribution in [2.24, 2.45) is 0 Å². The predicted octanol–water partition coefficient (Wildman–Crippen LogP) is 2.12. The van der Waals surface area contributed by atoms with Crippen LogP contribution in [0.2, 0.25) is 0 Å². The van der Waals surface area contributed by atoms with Gasteiger partial charge in [-0.15, -0.1) is 0 Å². The molecule has 6 nitrogen and oxygen atoms in total. The van der Waals surface area contributed by atoms with Gasteiger partial charge in [-0.1, -0.05) is 12.1 Å². The molecular weight excluding hydrogens is 298 g/mol. The van der Waals surface area contributed by atoms with Crippen molar-refractivity contribution in [3.63, 3.8) is 0 Å². The van der Waals surface area contributed by atoms with E-state index in [1.807, 2.05) is 24.3 Å². The predicted molar refractivity (Wildman–Crippen MR) is 82.8 cm³/mol. The lowest BCUT2D eigenvalue weighted by molar-refractivity contribution is 0.0920. The van der Waals surface area contributed by atoms with Crippen LogP contribution in [-0.4, -0.2) is 19.1 Å². The van der Waals surface area contributed by atoms with Crippen molar-refractivity contribution in [1.82, 2.24) is 5.32 Å². The number of amides is 1. The minimum absolute atomic E-state index is 0.00405. The maximum atomic E-state index is 12.0. The Morgan fingerprint density at radius 2 is 2.17 bits per heavy atom. The second-order valence-electron chi connectivity index (χ2n) is 5.36. The zero-order valence-electron chi connectivity index (χ0n) is 12.7. The van der Waals surface area contributed by atoms with Crippen molar-refractivity contribution >= 4 is 5.91 Å². The Bertz CT molecular complexity index is 764. The summed E-state index contributed by atoms with van der Waals surface area (Å²) in [5.74, 6) is 0.403. The molecule has 0 bridgehead atoms. The van der Waals surface area contributed by atoms with E-state index in [1.54, 1.807) is 7.11 Å². The SMILES string of the molecule is COc1cccc(COc2coc(C(=O)NC3CC3)cc2=O)c1. The molecule has 0 atom stereocenters. The molecule has 0 unspecified atom stereocenters. The van der Waals surface area contributed by atoms with E-state index in [1.165, 1.54) is 6.26 Å². The Hall–Kier alpha value is -2.76. The molecule has 1 aliphatic rings. The topological polar surface area (TPSA) is 77.8 Å². The zero-order chi connectivity index (χ0) is 16.2. The maximum Gasteiger partial charge on any atom is 0.287 e. The van der Waals surface area contributed by atoms with E-state index in [-0.39, 0.29) is 35.5 Å². The van der Waals surface area contributed by atoms with Gasteiger partial charge < -0.3 is 19.2 Å². The molecule has 1 saturated carbocycles. The number of carbonyl (C=O) groups is 1. The second kappa shape index (κ2) is 6.56.